The number of carbonyl (C=O) groups excluding carboxylic acids is 1. The summed E-state index contributed by atoms with van der Waals surface area (Å²) in [6.45, 7) is 3.96. The molecule has 0 saturated heterocycles. The molecule has 0 unspecified atom stereocenters. The van der Waals surface area contributed by atoms with E-state index >= 15 is 0 Å². The van der Waals surface area contributed by atoms with Crippen LogP contribution < -0.4 is 24.4 Å². The Labute approximate surface area is 217 Å². The predicted molar refractivity (Wildman–Crippen MR) is 141 cm³/mol. The van der Waals surface area contributed by atoms with E-state index in [-0.39, 0.29) is 12.2 Å². The largest absolute Gasteiger partial charge is 0.497 e. The Morgan fingerprint density at radius 3 is 2.61 bits per heavy atom. The van der Waals surface area contributed by atoms with E-state index in [1.165, 1.54) is 15.9 Å². The zero-order chi connectivity index (χ0) is 25.8. The molecular formula is C27H27ClN2O5S. The summed E-state index contributed by atoms with van der Waals surface area (Å²) in [5, 5.41) is 0.535. The molecule has 1 aliphatic rings. The Bertz CT molecular complexity index is 1510. The smallest absolute Gasteiger partial charge is 0.338 e. The molecule has 7 nitrogen and oxygen atoms in total. The Kier molecular flexibility index (Phi) is 7.96. The van der Waals surface area contributed by atoms with E-state index in [9.17, 15) is 9.59 Å². The minimum Gasteiger partial charge on any atom is -0.497 e. The maximum atomic E-state index is 13.8. The highest BCUT2D eigenvalue weighted by Gasteiger charge is 2.36. The van der Waals surface area contributed by atoms with Crippen LogP contribution in [0.25, 0.3) is 6.08 Å². The van der Waals surface area contributed by atoms with Gasteiger partial charge in [0.1, 0.15) is 17.5 Å². The summed E-state index contributed by atoms with van der Waals surface area (Å²) in [5.74, 6) is 0.572. The lowest BCUT2D eigenvalue weighted by atomic mass is 9.93. The second kappa shape index (κ2) is 11.1. The number of thiazole rings is 1. The van der Waals surface area contributed by atoms with Gasteiger partial charge < -0.3 is 14.2 Å². The highest BCUT2D eigenvalue weighted by molar-refractivity contribution is 7.07. The van der Waals surface area contributed by atoms with Crippen LogP contribution >= 0.6 is 22.9 Å². The van der Waals surface area contributed by atoms with Gasteiger partial charge in [0.05, 0.1) is 36.6 Å². The normalized spacial score (nSPS) is 15.4. The Morgan fingerprint density at radius 1 is 1.17 bits per heavy atom. The van der Waals surface area contributed by atoms with Crippen molar-refractivity contribution < 1.29 is 19.0 Å². The second-order valence-electron chi connectivity index (χ2n) is 8.04. The number of esters is 1. The number of halogens is 1. The van der Waals surface area contributed by atoms with E-state index < -0.39 is 12.0 Å². The first-order chi connectivity index (χ1) is 17.4. The number of hydrogen-bond donors (Lipinski definition) is 0. The van der Waals surface area contributed by atoms with Gasteiger partial charge in [-0.05, 0) is 49.2 Å². The number of carbonyl (C=O) groups is 1. The third kappa shape index (κ3) is 4.83. The van der Waals surface area contributed by atoms with E-state index in [1.807, 2.05) is 25.1 Å². The van der Waals surface area contributed by atoms with Crippen LogP contribution in [0.2, 0.25) is 5.02 Å². The zero-order valence-corrected chi connectivity index (χ0v) is 22.1. The molecule has 3 aromatic rings. The number of nitrogens with zero attached hydrogens (tertiary/aromatic N) is 2. The van der Waals surface area contributed by atoms with Crippen LogP contribution in [0.4, 0.5) is 0 Å². The molecule has 1 atom stereocenters. The number of fused-ring (bicyclic) bond motifs is 1. The van der Waals surface area contributed by atoms with Crippen LogP contribution in [-0.4, -0.2) is 31.4 Å². The summed E-state index contributed by atoms with van der Waals surface area (Å²) in [6.07, 6.45) is 3.06. The van der Waals surface area contributed by atoms with Gasteiger partial charge in [0.2, 0.25) is 0 Å². The lowest BCUT2D eigenvalue weighted by Gasteiger charge is -2.27. The molecule has 2 heterocycles. The SMILES string of the molecule is CCCC1=C(C(=O)OCC)[C@@H](c2cc(OC)ccc2OC)n2c(s/c(=C/c3ccccc3Cl)c2=O)=N1. The van der Waals surface area contributed by atoms with Crippen LogP contribution in [0, 0.1) is 0 Å². The summed E-state index contributed by atoms with van der Waals surface area (Å²) in [7, 11) is 3.11. The first kappa shape index (κ1) is 25.7. The molecule has 2 aromatic carbocycles. The Balaban J connectivity index is 2.07. The van der Waals surface area contributed by atoms with Crippen LogP contribution in [-0.2, 0) is 9.53 Å². The molecule has 0 bridgehead atoms. The van der Waals surface area contributed by atoms with Gasteiger partial charge in [0.15, 0.2) is 4.80 Å². The standard InChI is InChI=1S/C27H27ClN2O5S/c1-5-9-20-23(26(32)35-6-2)24(18-15-17(33-3)12-13-21(18)34-4)30-25(31)22(36-27(30)29-20)14-16-10-7-8-11-19(16)28/h7-8,10-15,24H,5-6,9H2,1-4H3/b22-14+/t24-/m1/s1. The van der Waals surface area contributed by atoms with E-state index in [0.717, 1.165) is 12.0 Å². The third-order valence-corrected chi connectivity index (χ3v) is 7.14. The molecule has 1 aromatic heterocycles. The second-order valence-corrected chi connectivity index (χ2v) is 9.46. The number of aromatic nitrogens is 1. The van der Waals surface area contributed by atoms with Crippen molar-refractivity contribution in [3.8, 4) is 11.5 Å². The van der Waals surface area contributed by atoms with Crippen molar-refractivity contribution in [2.75, 3.05) is 20.8 Å². The molecule has 0 spiro atoms. The van der Waals surface area contributed by atoms with Gasteiger partial charge in [-0.1, -0.05) is 54.5 Å². The maximum Gasteiger partial charge on any atom is 0.338 e. The first-order valence-electron chi connectivity index (χ1n) is 11.6. The van der Waals surface area contributed by atoms with Gasteiger partial charge in [-0.25, -0.2) is 9.79 Å². The monoisotopic (exact) mass is 526 g/mol. The highest BCUT2D eigenvalue weighted by Crippen LogP contribution is 2.38. The first-order valence-corrected chi connectivity index (χ1v) is 12.8. The quantitative estimate of drug-likeness (QED) is 0.410. The maximum absolute atomic E-state index is 13.8. The van der Waals surface area contributed by atoms with Crippen molar-refractivity contribution in [3.63, 3.8) is 0 Å². The van der Waals surface area contributed by atoms with Gasteiger partial charge in [-0.2, -0.15) is 0 Å². The molecule has 0 fully saturated rings. The van der Waals surface area contributed by atoms with Crippen molar-refractivity contribution in [2.45, 2.75) is 32.7 Å². The summed E-state index contributed by atoms with van der Waals surface area (Å²) in [4.78, 5) is 32.5. The molecule has 0 aliphatic carbocycles. The fourth-order valence-corrected chi connectivity index (χ4v) is 5.40. The summed E-state index contributed by atoms with van der Waals surface area (Å²) in [5.41, 5.74) is 1.95. The molecular weight excluding hydrogens is 500 g/mol. The van der Waals surface area contributed by atoms with Crippen molar-refractivity contribution >= 4 is 35.0 Å². The molecule has 0 amide bonds. The lowest BCUT2D eigenvalue weighted by molar-refractivity contribution is -0.139. The van der Waals surface area contributed by atoms with Gasteiger partial charge in [0, 0.05) is 10.6 Å². The summed E-state index contributed by atoms with van der Waals surface area (Å²) < 4.78 is 18.6. The van der Waals surface area contributed by atoms with Crippen LogP contribution in [0.5, 0.6) is 11.5 Å². The fourth-order valence-electron chi connectivity index (χ4n) is 4.20. The lowest BCUT2D eigenvalue weighted by Crippen LogP contribution is -2.40. The van der Waals surface area contributed by atoms with Gasteiger partial charge in [-0.3, -0.25) is 9.36 Å². The topological polar surface area (TPSA) is 79.1 Å². The van der Waals surface area contributed by atoms with Gasteiger partial charge >= 0.3 is 5.97 Å². The van der Waals surface area contributed by atoms with E-state index in [1.54, 1.807) is 51.5 Å². The minimum absolute atomic E-state index is 0.195. The molecule has 188 valence electrons. The fraction of sp³-hybridized carbons (Fsp3) is 0.296. The van der Waals surface area contributed by atoms with Crippen molar-refractivity contribution in [1.82, 2.24) is 4.57 Å². The summed E-state index contributed by atoms with van der Waals surface area (Å²) in [6, 6.07) is 11.8. The number of hydrogen-bond acceptors (Lipinski definition) is 7. The Morgan fingerprint density at radius 2 is 1.94 bits per heavy atom. The number of rotatable bonds is 8. The third-order valence-electron chi connectivity index (χ3n) is 5.82. The van der Waals surface area contributed by atoms with Crippen molar-refractivity contribution in [2.24, 2.45) is 4.99 Å². The zero-order valence-electron chi connectivity index (χ0n) is 20.5. The molecule has 4 rings (SSSR count). The van der Waals surface area contributed by atoms with Crippen molar-refractivity contribution in [1.29, 1.82) is 0 Å². The van der Waals surface area contributed by atoms with E-state index in [4.69, 9.17) is 30.8 Å². The van der Waals surface area contributed by atoms with Crippen LogP contribution in [0.15, 0.2) is 63.5 Å². The number of ether oxygens (including phenoxy) is 3. The average molecular weight is 527 g/mol. The predicted octanol–water partition coefficient (Wildman–Crippen LogP) is 4.25. The van der Waals surface area contributed by atoms with Crippen molar-refractivity contribution in [3.05, 3.63) is 89.6 Å². The van der Waals surface area contributed by atoms with E-state index in [0.29, 0.717) is 49.1 Å². The highest BCUT2D eigenvalue weighted by atomic mass is 35.5. The minimum atomic E-state index is -0.805. The molecule has 0 saturated carbocycles. The van der Waals surface area contributed by atoms with Gasteiger partial charge in [-0.15, -0.1) is 0 Å². The molecule has 0 N–H and O–H groups in total. The van der Waals surface area contributed by atoms with Crippen LogP contribution in [0.1, 0.15) is 43.9 Å². The number of allylic oxidation sites excluding steroid dienone is 1. The molecule has 36 heavy (non-hydrogen) atoms. The number of benzene rings is 2. The van der Waals surface area contributed by atoms with E-state index in [2.05, 4.69) is 0 Å². The summed E-state index contributed by atoms with van der Waals surface area (Å²) >= 11 is 7.61. The molecule has 9 heteroatoms. The van der Waals surface area contributed by atoms with Gasteiger partial charge in [0.25, 0.3) is 5.56 Å². The average Bonchev–Trinajstić information content (AvgIpc) is 3.19. The molecule has 1 aliphatic heterocycles. The molecule has 0 radical (unpaired) electrons. The Hall–Kier alpha value is -3.36. The van der Waals surface area contributed by atoms with Crippen LogP contribution in [0.3, 0.4) is 0 Å². The number of methoxy groups -OCH3 is 2.